The summed E-state index contributed by atoms with van der Waals surface area (Å²) >= 11 is 0. The van der Waals surface area contributed by atoms with E-state index in [0.717, 1.165) is 17.1 Å². The predicted octanol–water partition coefficient (Wildman–Crippen LogP) is 0.591. The molecule has 2 heterocycles. The van der Waals surface area contributed by atoms with Crippen LogP contribution < -0.4 is 20.5 Å². The van der Waals surface area contributed by atoms with Crippen molar-refractivity contribution in [3.05, 3.63) is 23.8 Å². The SMILES string of the molecule is CC1(c2ccc3c(c2)OCCO3)CN=C(N)N1. The minimum Gasteiger partial charge on any atom is -0.486 e. The van der Waals surface area contributed by atoms with Crippen molar-refractivity contribution in [1.82, 2.24) is 5.32 Å². The summed E-state index contributed by atoms with van der Waals surface area (Å²) < 4.78 is 11.1. The molecule has 0 fully saturated rings. The highest BCUT2D eigenvalue weighted by Crippen LogP contribution is 2.35. The highest BCUT2D eigenvalue weighted by Gasteiger charge is 2.32. The second-order valence-electron chi connectivity index (χ2n) is 4.52. The van der Waals surface area contributed by atoms with E-state index in [0.29, 0.717) is 25.7 Å². The lowest BCUT2D eigenvalue weighted by molar-refractivity contribution is 0.171. The number of hydrogen-bond acceptors (Lipinski definition) is 5. The summed E-state index contributed by atoms with van der Waals surface area (Å²) in [7, 11) is 0. The minimum atomic E-state index is -0.250. The maximum absolute atomic E-state index is 5.67. The Morgan fingerprint density at radius 1 is 1.29 bits per heavy atom. The first-order valence-electron chi connectivity index (χ1n) is 5.66. The normalized spacial score (nSPS) is 26.3. The predicted molar refractivity (Wildman–Crippen MR) is 64.4 cm³/mol. The van der Waals surface area contributed by atoms with Crippen molar-refractivity contribution in [2.24, 2.45) is 10.7 Å². The summed E-state index contributed by atoms with van der Waals surface area (Å²) in [6.45, 7) is 3.91. The van der Waals surface area contributed by atoms with Crippen molar-refractivity contribution in [1.29, 1.82) is 0 Å². The third kappa shape index (κ3) is 1.67. The van der Waals surface area contributed by atoms with Crippen molar-refractivity contribution in [2.45, 2.75) is 12.5 Å². The van der Waals surface area contributed by atoms with E-state index in [1.165, 1.54) is 0 Å². The molecule has 5 nitrogen and oxygen atoms in total. The van der Waals surface area contributed by atoms with Gasteiger partial charge in [0, 0.05) is 0 Å². The number of nitrogens with two attached hydrogens (primary N) is 1. The zero-order valence-corrected chi connectivity index (χ0v) is 9.69. The van der Waals surface area contributed by atoms with Crippen LogP contribution in [-0.4, -0.2) is 25.7 Å². The lowest BCUT2D eigenvalue weighted by Gasteiger charge is -2.27. The molecule has 0 aliphatic carbocycles. The van der Waals surface area contributed by atoms with Crippen molar-refractivity contribution >= 4 is 5.96 Å². The molecule has 2 aliphatic heterocycles. The van der Waals surface area contributed by atoms with Crippen molar-refractivity contribution in [3.8, 4) is 11.5 Å². The third-order valence-electron chi connectivity index (χ3n) is 3.15. The van der Waals surface area contributed by atoms with Crippen LogP contribution in [0, 0.1) is 0 Å². The summed E-state index contributed by atoms with van der Waals surface area (Å²) in [4.78, 5) is 4.19. The van der Waals surface area contributed by atoms with Crippen LogP contribution in [0.4, 0.5) is 0 Å². The fourth-order valence-corrected chi connectivity index (χ4v) is 2.16. The molecule has 0 bridgehead atoms. The Kier molecular flexibility index (Phi) is 2.14. The monoisotopic (exact) mass is 233 g/mol. The maximum atomic E-state index is 5.67. The van der Waals surface area contributed by atoms with Gasteiger partial charge in [-0.25, -0.2) is 0 Å². The zero-order chi connectivity index (χ0) is 11.9. The number of nitrogens with one attached hydrogen (secondary N) is 1. The molecule has 0 spiro atoms. The molecule has 90 valence electrons. The molecule has 5 heteroatoms. The maximum Gasteiger partial charge on any atom is 0.189 e. The number of aliphatic imine (C=N–C) groups is 1. The van der Waals surface area contributed by atoms with E-state index in [1.807, 2.05) is 18.2 Å². The van der Waals surface area contributed by atoms with Gasteiger partial charge < -0.3 is 20.5 Å². The first kappa shape index (κ1) is 10.3. The minimum absolute atomic E-state index is 0.250. The molecule has 1 atom stereocenters. The smallest absolute Gasteiger partial charge is 0.189 e. The number of ether oxygens (including phenoxy) is 2. The molecule has 0 saturated heterocycles. The van der Waals surface area contributed by atoms with Crippen molar-refractivity contribution < 1.29 is 9.47 Å². The lowest BCUT2D eigenvalue weighted by Crippen LogP contribution is -2.43. The fraction of sp³-hybridized carbons (Fsp3) is 0.417. The largest absolute Gasteiger partial charge is 0.486 e. The van der Waals surface area contributed by atoms with E-state index in [4.69, 9.17) is 15.2 Å². The average Bonchev–Trinajstić information content (AvgIpc) is 2.70. The van der Waals surface area contributed by atoms with E-state index in [1.54, 1.807) is 0 Å². The lowest BCUT2D eigenvalue weighted by atomic mass is 9.92. The molecular formula is C12H15N3O2. The van der Waals surface area contributed by atoms with Crippen LogP contribution in [0.2, 0.25) is 0 Å². The van der Waals surface area contributed by atoms with Crippen molar-refractivity contribution in [2.75, 3.05) is 19.8 Å². The van der Waals surface area contributed by atoms with Gasteiger partial charge in [-0.15, -0.1) is 0 Å². The standard InChI is InChI=1S/C12H15N3O2/c1-12(7-14-11(13)15-12)8-2-3-9-10(6-8)17-5-4-16-9/h2-3,6H,4-5,7H2,1H3,(H3,13,14,15). The number of nitrogens with zero attached hydrogens (tertiary/aromatic N) is 1. The summed E-state index contributed by atoms with van der Waals surface area (Å²) in [5, 5.41) is 3.18. The van der Waals surface area contributed by atoms with Gasteiger partial charge in [-0.2, -0.15) is 0 Å². The molecule has 0 aromatic heterocycles. The summed E-state index contributed by atoms with van der Waals surface area (Å²) in [6.07, 6.45) is 0. The molecular weight excluding hydrogens is 218 g/mol. The Morgan fingerprint density at radius 2 is 2.06 bits per heavy atom. The van der Waals surface area contributed by atoms with Gasteiger partial charge in [-0.05, 0) is 24.6 Å². The summed E-state index contributed by atoms with van der Waals surface area (Å²) in [5.41, 5.74) is 6.52. The van der Waals surface area contributed by atoms with Crippen LogP contribution in [0.15, 0.2) is 23.2 Å². The van der Waals surface area contributed by atoms with Gasteiger partial charge in [0.25, 0.3) is 0 Å². The summed E-state index contributed by atoms with van der Waals surface area (Å²) in [5.74, 6) is 2.08. The quantitative estimate of drug-likeness (QED) is 0.745. The Labute approximate surface area is 99.6 Å². The third-order valence-corrected chi connectivity index (χ3v) is 3.15. The molecule has 0 amide bonds. The van der Waals surface area contributed by atoms with Crippen molar-refractivity contribution in [3.63, 3.8) is 0 Å². The molecule has 1 aromatic carbocycles. The number of guanidine groups is 1. The molecule has 3 N–H and O–H groups in total. The molecule has 0 radical (unpaired) electrons. The van der Waals surface area contributed by atoms with E-state index >= 15 is 0 Å². The topological polar surface area (TPSA) is 68.9 Å². The van der Waals surface area contributed by atoms with E-state index in [9.17, 15) is 0 Å². The van der Waals surface area contributed by atoms with Gasteiger partial charge in [0.1, 0.15) is 13.2 Å². The van der Waals surface area contributed by atoms with E-state index < -0.39 is 0 Å². The number of benzene rings is 1. The van der Waals surface area contributed by atoms with Gasteiger partial charge in [0.15, 0.2) is 17.5 Å². The molecule has 3 rings (SSSR count). The zero-order valence-electron chi connectivity index (χ0n) is 9.69. The van der Waals surface area contributed by atoms with Crippen LogP contribution in [0.3, 0.4) is 0 Å². The van der Waals surface area contributed by atoms with Crippen LogP contribution in [0.1, 0.15) is 12.5 Å². The number of rotatable bonds is 1. The average molecular weight is 233 g/mol. The van der Waals surface area contributed by atoms with Crippen LogP contribution in [-0.2, 0) is 5.54 Å². The first-order chi connectivity index (χ1) is 8.17. The molecule has 1 unspecified atom stereocenters. The Hall–Kier alpha value is -1.91. The van der Waals surface area contributed by atoms with Crippen LogP contribution in [0.5, 0.6) is 11.5 Å². The Balaban J connectivity index is 1.94. The van der Waals surface area contributed by atoms with E-state index in [2.05, 4.69) is 17.2 Å². The molecule has 17 heavy (non-hydrogen) atoms. The van der Waals surface area contributed by atoms with Gasteiger partial charge in [-0.3, -0.25) is 4.99 Å². The summed E-state index contributed by atoms with van der Waals surface area (Å²) in [6, 6.07) is 5.95. The second kappa shape index (κ2) is 3.55. The van der Waals surface area contributed by atoms with Gasteiger partial charge in [0.2, 0.25) is 0 Å². The van der Waals surface area contributed by atoms with Gasteiger partial charge >= 0.3 is 0 Å². The Bertz CT molecular complexity index is 487. The second-order valence-corrected chi connectivity index (χ2v) is 4.52. The number of fused-ring (bicyclic) bond motifs is 1. The molecule has 2 aliphatic rings. The van der Waals surface area contributed by atoms with E-state index in [-0.39, 0.29) is 5.54 Å². The molecule has 0 saturated carbocycles. The van der Waals surface area contributed by atoms with Gasteiger partial charge in [-0.1, -0.05) is 6.07 Å². The van der Waals surface area contributed by atoms with Crippen LogP contribution >= 0.6 is 0 Å². The first-order valence-corrected chi connectivity index (χ1v) is 5.66. The highest BCUT2D eigenvalue weighted by molar-refractivity contribution is 5.81. The Morgan fingerprint density at radius 3 is 2.76 bits per heavy atom. The fourth-order valence-electron chi connectivity index (χ4n) is 2.16. The van der Waals surface area contributed by atoms with Gasteiger partial charge in [0.05, 0.1) is 12.1 Å². The molecule has 1 aromatic rings. The highest BCUT2D eigenvalue weighted by atomic mass is 16.6. The number of hydrogen-bond donors (Lipinski definition) is 2. The van der Waals surface area contributed by atoms with Crippen LogP contribution in [0.25, 0.3) is 0 Å².